The van der Waals surface area contributed by atoms with E-state index in [9.17, 15) is 0 Å². The molecular formula is C16H25N. The van der Waals surface area contributed by atoms with Gasteiger partial charge in [0.05, 0.1) is 0 Å². The topological polar surface area (TPSA) is 12.0 Å². The molecule has 94 valence electrons. The summed E-state index contributed by atoms with van der Waals surface area (Å²) >= 11 is 0. The molecule has 1 N–H and O–H groups in total. The second-order valence-corrected chi connectivity index (χ2v) is 5.99. The van der Waals surface area contributed by atoms with Gasteiger partial charge >= 0.3 is 0 Å². The van der Waals surface area contributed by atoms with Crippen LogP contribution in [0.25, 0.3) is 0 Å². The lowest BCUT2D eigenvalue weighted by Crippen LogP contribution is -2.38. The van der Waals surface area contributed by atoms with Crippen molar-refractivity contribution < 1.29 is 0 Å². The van der Waals surface area contributed by atoms with Crippen molar-refractivity contribution in [3.05, 3.63) is 29.8 Å². The second-order valence-electron chi connectivity index (χ2n) is 5.99. The summed E-state index contributed by atoms with van der Waals surface area (Å²) in [5.41, 5.74) is 3.15. The number of hydrogen-bond acceptors (Lipinski definition) is 1. The first kappa shape index (κ1) is 12.5. The molecule has 1 aliphatic carbocycles. The van der Waals surface area contributed by atoms with Gasteiger partial charge < -0.3 is 5.32 Å². The molecule has 1 fully saturated rings. The lowest BCUT2D eigenvalue weighted by Gasteiger charge is -2.39. The maximum Gasteiger partial charge on any atom is 0.0345 e. The normalized spacial score (nSPS) is 23.4. The summed E-state index contributed by atoms with van der Waals surface area (Å²) in [5, 5.41) is 3.75. The van der Waals surface area contributed by atoms with Gasteiger partial charge in [0.25, 0.3) is 0 Å². The Kier molecular flexibility index (Phi) is 3.76. The van der Waals surface area contributed by atoms with E-state index in [0.29, 0.717) is 11.5 Å². The van der Waals surface area contributed by atoms with E-state index in [-0.39, 0.29) is 0 Å². The van der Waals surface area contributed by atoms with Gasteiger partial charge in [0, 0.05) is 11.7 Å². The van der Waals surface area contributed by atoms with Crippen LogP contribution in [-0.4, -0.2) is 6.04 Å². The third kappa shape index (κ3) is 3.02. The number of benzene rings is 1. The first-order valence-electron chi connectivity index (χ1n) is 6.97. The van der Waals surface area contributed by atoms with Crippen LogP contribution in [-0.2, 0) is 6.42 Å². The minimum absolute atomic E-state index is 0.431. The van der Waals surface area contributed by atoms with Gasteiger partial charge in [-0.15, -0.1) is 0 Å². The van der Waals surface area contributed by atoms with Crippen molar-refractivity contribution >= 4 is 5.69 Å². The summed E-state index contributed by atoms with van der Waals surface area (Å²) in [6, 6.07) is 9.49. The quantitative estimate of drug-likeness (QED) is 0.799. The molecule has 1 heteroatoms. The molecule has 0 spiro atoms. The molecule has 1 atom stereocenters. The molecule has 1 saturated carbocycles. The standard InChI is InChI=1S/C16H25N/c1-4-13-8-7-9-14(12-13)17-15-10-5-6-11-16(15,2)3/h7-9,12,15,17H,4-6,10-11H2,1-3H3. The molecule has 17 heavy (non-hydrogen) atoms. The molecule has 0 bridgehead atoms. The number of aryl methyl sites for hydroxylation is 1. The maximum absolute atomic E-state index is 3.75. The first-order chi connectivity index (χ1) is 8.12. The van der Waals surface area contributed by atoms with Gasteiger partial charge in [-0.1, -0.05) is 45.7 Å². The fraction of sp³-hybridized carbons (Fsp3) is 0.625. The first-order valence-corrected chi connectivity index (χ1v) is 6.97. The van der Waals surface area contributed by atoms with Crippen LogP contribution in [0.2, 0.25) is 0 Å². The van der Waals surface area contributed by atoms with Crippen molar-refractivity contribution in [3.8, 4) is 0 Å². The Labute approximate surface area is 106 Å². The average Bonchev–Trinajstić information content (AvgIpc) is 2.32. The van der Waals surface area contributed by atoms with Crippen LogP contribution in [0.4, 0.5) is 5.69 Å². The van der Waals surface area contributed by atoms with E-state index < -0.39 is 0 Å². The van der Waals surface area contributed by atoms with E-state index in [2.05, 4.69) is 50.4 Å². The van der Waals surface area contributed by atoms with Crippen LogP contribution in [0, 0.1) is 5.41 Å². The number of rotatable bonds is 3. The third-order valence-electron chi connectivity index (χ3n) is 4.18. The molecule has 0 heterocycles. The van der Waals surface area contributed by atoms with Crippen molar-refractivity contribution in [1.82, 2.24) is 0 Å². The highest BCUT2D eigenvalue weighted by Crippen LogP contribution is 2.37. The molecule has 1 aromatic rings. The summed E-state index contributed by atoms with van der Waals surface area (Å²) in [4.78, 5) is 0. The number of anilines is 1. The van der Waals surface area contributed by atoms with E-state index in [1.165, 1.54) is 36.9 Å². The SMILES string of the molecule is CCc1cccc(NC2CCCCC2(C)C)c1. The fourth-order valence-electron chi connectivity index (χ4n) is 2.84. The van der Waals surface area contributed by atoms with Gasteiger partial charge in [-0.05, 0) is 42.4 Å². The Morgan fingerprint density at radius 3 is 2.82 bits per heavy atom. The zero-order valence-electron chi connectivity index (χ0n) is 11.4. The number of hydrogen-bond donors (Lipinski definition) is 1. The summed E-state index contributed by atoms with van der Waals surface area (Å²) in [6.45, 7) is 7.00. The molecule has 1 aromatic carbocycles. The smallest absolute Gasteiger partial charge is 0.0345 e. The Bertz CT molecular complexity index is 368. The van der Waals surface area contributed by atoms with Crippen molar-refractivity contribution in [2.24, 2.45) is 5.41 Å². The van der Waals surface area contributed by atoms with Crippen molar-refractivity contribution in [2.75, 3.05) is 5.32 Å². The molecule has 1 nitrogen and oxygen atoms in total. The minimum atomic E-state index is 0.431. The van der Waals surface area contributed by atoms with Crippen LogP contribution in [0.5, 0.6) is 0 Å². The zero-order valence-corrected chi connectivity index (χ0v) is 11.4. The summed E-state index contributed by atoms with van der Waals surface area (Å²) in [5.74, 6) is 0. The largest absolute Gasteiger partial charge is 0.382 e. The summed E-state index contributed by atoms with van der Waals surface area (Å²) < 4.78 is 0. The van der Waals surface area contributed by atoms with Crippen LogP contribution < -0.4 is 5.32 Å². The van der Waals surface area contributed by atoms with Crippen molar-refractivity contribution in [1.29, 1.82) is 0 Å². The summed E-state index contributed by atoms with van der Waals surface area (Å²) in [6.07, 6.45) is 6.53. The van der Waals surface area contributed by atoms with Gasteiger partial charge in [-0.2, -0.15) is 0 Å². The molecule has 2 rings (SSSR count). The summed E-state index contributed by atoms with van der Waals surface area (Å²) in [7, 11) is 0. The van der Waals surface area contributed by atoms with E-state index >= 15 is 0 Å². The van der Waals surface area contributed by atoms with E-state index in [1.807, 2.05) is 0 Å². The third-order valence-corrected chi connectivity index (χ3v) is 4.18. The fourth-order valence-corrected chi connectivity index (χ4v) is 2.84. The lowest BCUT2D eigenvalue weighted by molar-refractivity contribution is 0.217. The van der Waals surface area contributed by atoms with Crippen LogP contribution in [0.15, 0.2) is 24.3 Å². The Hall–Kier alpha value is -0.980. The Balaban J connectivity index is 2.08. The van der Waals surface area contributed by atoms with Gasteiger partial charge in [0.1, 0.15) is 0 Å². The molecule has 0 radical (unpaired) electrons. The van der Waals surface area contributed by atoms with Gasteiger partial charge in [-0.3, -0.25) is 0 Å². The molecule has 1 aliphatic rings. The molecule has 1 unspecified atom stereocenters. The zero-order chi connectivity index (χ0) is 12.3. The predicted molar refractivity (Wildman–Crippen MR) is 75.5 cm³/mol. The van der Waals surface area contributed by atoms with Crippen molar-refractivity contribution in [2.45, 2.75) is 58.9 Å². The predicted octanol–water partition coefficient (Wildman–Crippen LogP) is 4.63. The highest BCUT2D eigenvalue weighted by molar-refractivity contribution is 5.47. The molecule has 0 saturated heterocycles. The lowest BCUT2D eigenvalue weighted by atomic mass is 9.73. The van der Waals surface area contributed by atoms with Crippen molar-refractivity contribution in [3.63, 3.8) is 0 Å². The van der Waals surface area contributed by atoms with Gasteiger partial charge in [-0.25, -0.2) is 0 Å². The molecule has 0 aromatic heterocycles. The Morgan fingerprint density at radius 1 is 1.29 bits per heavy atom. The molecule has 0 amide bonds. The van der Waals surface area contributed by atoms with Gasteiger partial charge in [0.2, 0.25) is 0 Å². The molecular weight excluding hydrogens is 206 g/mol. The van der Waals surface area contributed by atoms with E-state index in [1.54, 1.807) is 0 Å². The maximum atomic E-state index is 3.75. The van der Waals surface area contributed by atoms with Crippen LogP contribution >= 0.6 is 0 Å². The van der Waals surface area contributed by atoms with Crippen LogP contribution in [0.3, 0.4) is 0 Å². The number of nitrogens with one attached hydrogen (secondary N) is 1. The van der Waals surface area contributed by atoms with E-state index in [0.717, 1.165) is 6.42 Å². The monoisotopic (exact) mass is 231 g/mol. The molecule has 0 aliphatic heterocycles. The Morgan fingerprint density at radius 2 is 2.12 bits per heavy atom. The highest BCUT2D eigenvalue weighted by Gasteiger charge is 2.31. The van der Waals surface area contributed by atoms with E-state index in [4.69, 9.17) is 0 Å². The highest BCUT2D eigenvalue weighted by atomic mass is 14.9. The second kappa shape index (κ2) is 5.12. The average molecular weight is 231 g/mol. The van der Waals surface area contributed by atoms with Crippen LogP contribution in [0.1, 0.15) is 52.0 Å². The minimum Gasteiger partial charge on any atom is -0.382 e. The van der Waals surface area contributed by atoms with Gasteiger partial charge in [0.15, 0.2) is 0 Å².